The molecule has 0 saturated carbocycles. The van der Waals surface area contributed by atoms with E-state index in [4.69, 9.17) is 16.9 Å². The van der Waals surface area contributed by atoms with Crippen molar-refractivity contribution in [2.24, 2.45) is 0 Å². The Morgan fingerprint density at radius 3 is 2.73 bits per heavy atom. The van der Waals surface area contributed by atoms with Crippen LogP contribution in [-0.2, 0) is 0 Å². The SMILES string of the molecule is N#Cc1cc(Cl)ccc1NCCNC(=O)c1ccccc1F. The minimum absolute atomic E-state index is 0.00621. The number of carbonyl (C=O) groups is 1. The minimum Gasteiger partial charge on any atom is -0.382 e. The lowest BCUT2D eigenvalue weighted by Crippen LogP contribution is -2.29. The lowest BCUT2D eigenvalue weighted by molar-refractivity contribution is 0.0951. The van der Waals surface area contributed by atoms with Crippen LogP contribution in [0.4, 0.5) is 10.1 Å². The third-order valence-corrected chi connectivity index (χ3v) is 3.18. The van der Waals surface area contributed by atoms with Crippen molar-refractivity contribution in [3.05, 3.63) is 64.4 Å². The third kappa shape index (κ3) is 3.96. The molecule has 112 valence electrons. The molecule has 1 amide bonds. The summed E-state index contributed by atoms with van der Waals surface area (Å²) in [5.41, 5.74) is 1.06. The van der Waals surface area contributed by atoms with Crippen molar-refractivity contribution < 1.29 is 9.18 Å². The predicted octanol–water partition coefficient (Wildman–Crippen LogP) is 3.19. The zero-order valence-corrected chi connectivity index (χ0v) is 12.3. The van der Waals surface area contributed by atoms with Gasteiger partial charge in [0.2, 0.25) is 0 Å². The molecule has 2 rings (SSSR count). The Kier molecular flexibility index (Phi) is 5.34. The summed E-state index contributed by atoms with van der Waals surface area (Å²) in [6.45, 7) is 0.692. The van der Waals surface area contributed by atoms with Crippen LogP contribution in [-0.4, -0.2) is 19.0 Å². The number of rotatable bonds is 5. The van der Waals surface area contributed by atoms with Gasteiger partial charge in [0.25, 0.3) is 5.91 Å². The summed E-state index contributed by atoms with van der Waals surface area (Å²) in [4.78, 5) is 11.8. The highest BCUT2D eigenvalue weighted by Crippen LogP contribution is 2.19. The van der Waals surface area contributed by atoms with Crippen LogP contribution in [0, 0.1) is 17.1 Å². The van der Waals surface area contributed by atoms with Gasteiger partial charge in [-0.2, -0.15) is 5.26 Å². The van der Waals surface area contributed by atoms with E-state index in [9.17, 15) is 9.18 Å². The predicted molar refractivity (Wildman–Crippen MR) is 83.4 cm³/mol. The summed E-state index contributed by atoms with van der Waals surface area (Å²) in [5.74, 6) is -1.03. The Morgan fingerprint density at radius 1 is 1.23 bits per heavy atom. The van der Waals surface area contributed by atoms with Gasteiger partial charge in [-0.15, -0.1) is 0 Å². The number of nitrogens with one attached hydrogen (secondary N) is 2. The zero-order chi connectivity index (χ0) is 15.9. The number of hydrogen-bond donors (Lipinski definition) is 2. The second-order valence-corrected chi connectivity index (χ2v) is 4.90. The summed E-state index contributed by atoms with van der Waals surface area (Å²) < 4.78 is 13.4. The maximum Gasteiger partial charge on any atom is 0.254 e. The van der Waals surface area contributed by atoms with Crippen molar-refractivity contribution in [1.82, 2.24) is 5.32 Å². The quantitative estimate of drug-likeness (QED) is 0.832. The largest absolute Gasteiger partial charge is 0.382 e. The van der Waals surface area contributed by atoms with E-state index in [2.05, 4.69) is 10.6 Å². The van der Waals surface area contributed by atoms with Crippen molar-refractivity contribution in [2.45, 2.75) is 0 Å². The van der Waals surface area contributed by atoms with Crippen LogP contribution in [0.3, 0.4) is 0 Å². The fraction of sp³-hybridized carbons (Fsp3) is 0.125. The van der Waals surface area contributed by atoms with Gasteiger partial charge in [0.1, 0.15) is 11.9 Å². The van der Waals surface area contributed by atoms with Crippen LogP contribution in [0.1, 0.15) is 15.9 Å². The van der Waals surface area contributed by atoms with Crippen LogP contribution in [0.5, 0.6) is 0 Å². The lowest BCUT2D eigenvalue weighted by atomic mass is 10.2. The molecule has 0 aliphatic carbocycles. The molecule has 0 atom stereocenters. The van der Waals surface area contributed by atoms with Crippen LogP contribution in [0.15, 0.2) is 42.5 Å². The molecule has 0 aromatic heterocycles. The van der Waals surface area contributed by atoms with Gasteiger partial charge in [-0.3, -0.25) is 4.79 Å². The summed E-state index contributed by atoms with van der Waals surface area (Å²) in [7, 11) is 0. The van der Waals surface area contributed by atoms with E-state index in [0.29, 0.717) is 29.4 Å². The normalized spacial score (nSPS) is 9.86. The van der Waals surface area contributed by atoms with Gasteiger partial charge in [0.05, 0.1) is 16.8 Å². The molecule has 0 heterocycles. The Labute approximate surface area is 132 Å². The molecule has 0 aliphatic rings. The first kappa shape index (κ1) is 15.8. The van der Waals surface area contributed by atoms with Gasteiger partial charge in [-0.1, -0.05) is 23.7 Å². The maximum atomic E-state index is 13.4. The van der Waals surface area contributed by atoms with E-state index in [0.717, 1.165) is 0 Å². The van der Waals surface area contributed by atoms with Crippen LogP contribution < -0.4 is 10.6 Å². The molecule has 2 aromatic rings. The number of nitriles is 1. The first-order chi connectivity index (χ1) is 10.6. The van der Waals surface area contributed by atoms with Crippen molar-refractivity contribution >= 4 is 23.2 Å². The van der Waals surface area contributed by atoms with E-state index in [1.807, 2.05) is 6.07 Å². The van der Waals surface area contributed by atoms with Crippen LogP contribution in [0.2, 0.25) is 5.02 Å². The van der Waals surface area contributed by atoms with E-state index < -0.39 is 11.7 Å². The van der Waals surface area contributed by atoms with Gasteiger partial charge in [0, 0.05) is 18.1 Å². The highest BCUT2D eigenvalue weighted by atomic mass is 35.5. The second-order valence-electron chi connectivity index (χ2n) is 4.46. The van der Waals surface area contributed by atoms with E-state index in [-0.39, 0.29) is 5.56 Å². The molecule has 4 nitrogen and oxygen atoms in total. The number of halogens is 2. The van der Waals surface area contributed by atoms with E-state index in [1.165, 1.54) is 18.2 Å². The molecule has 0 bridgehead atoms. The molecule has 0 aliphatic heterocycles. The third-order valence-electron chi connectivity index (χ3n) is 2.95. The molecular weight excluding hydrogens is 305 g/mol. The van der Waals surface area contributed by atoms with Gasteiger partial charge in [0.15, 0.2) is 0 Å². The van der Waals surface area contributed by atoms with Crippen molar-refractivity contribution in [1.29, 1.82) is 5.26 Å². The average Bonchev–Trinajstić information content (AvgIpc) is 2.52. The Morgan fingerprint density at radius 2 is 2.00 bits per heavy atom. The molecule has 2 aromatic carbocycles. The Hall–Kier alpha value is -2.58. The number of anilines is 1. The highest BCUT2D eigenvalue weighted by molar-refractivity contribution is 6.30. The van der Waals surface area contributed by atoms with Gasteiger partial charge < -0.3 is 10.6 Å². The number of amides is 1. The van der Waals surface area contributed by atoms with Crippen LogP contribution >= 0.6 is 11.6 Å². The average molecular weight is 318 g/mol. The fourth-order valence-corrected chi connectivity index (χ4v) is 2.05. The molecule has 2 N–H and O–H groups in total. The molecule has 22 heavy (non-hydrogen) atoms. The summed E-state index contributed by atoms with van der Waals surface area (Å²) in [6, 6.07) is 12.7. The summed E-state index contributed by atoms with van der Waals surface area (Å²) >= 11 is 5.81. The number of benzene rings is 2. The molecule has 0 unspecified atom stereocenters. The number of hydrogen-bond acceptors (Lipinski definition) is 3. The first-order valence-corrected chi connectivity index (χ1v) is 6.96. The molecule has 6 heteroatoms. The number of nitrogens with zero attached hydrogens (tertiary/aromatic N) is 1. The van der Waals surface area contributed by atoms with Gasteiger partial charge in [-0.25, -0.2) is 4.39 Å². The molecule has 0 fully saturated rings. The smallest absolute Gasteiger partial charge is 0.254 e. The molecule has 0 radical (unpaired) electrons. The van der Waals surface area contributed by atoms with E-state index in [1.54, 1.807) is 24.3 Å². The van der Waals surface area contributed by atoms with Crippen LogP contribution in [0.25, 0.3) is 0 Å². The highest BCUT2D eigenvalue weighted by Gasteiger charge is 2.09. The lowest BCUT2D eigenvalue weighted by Gasteiger charge is -2.10. The zero-order valence-electron chi connectivity index (χ0n) is 11.6. The Bertz CT molecular complexity index is 728. The Balaban J connectivity index is 1.87. The monoisotopic (exact) mass is 317 g/mol. The number of carbonyl (C=O) groups excluding carboxylic acids is 1. The molecule has 0 spiro atoms. The van der Waals surface area contributed by atoms with Crippen molar-refractivity contribution in [2.75, 3.05) is 18.4 Å². The van der Waals surface area contributed by atoms with Crippen molar-refractivity contribution in [3.63, 3.8) is 0 Å². The van der Waals surface area contributed by atoms with Gasteiger partial charge in [-0.05, 0) is 30.3 Å². The fourth-order valence-electron chi connectivity index (χ4n) is 1.88. The summed E-state index contributed by atoms with van der Waals surface area (Å²) in [5, 5.41) is 15.1. The van der Waals surface area contributed by atoms with Gasteiger partial charge >= 0.3 is 0 Å². The molecule has 0 saturated heterocycles. The van der Waals surface area contributed by atoms with Crippen molar-refractivity contribution in [3.8, 4) is 6.07 Å². The topological polar surface area (TPSA) is 64.9 Å². The van der Waals surface area contributed by atoms with E-state index >= 15 is 0 Å². The first-order valence-electron chi connectivity index (χ1n) is 6.58. The molecular formula is C16H13ClFN3O. The second kappa shape index (κ2) is 7.43. The summed E-state index contributed by atoms with van der Waals surface area (Å²) in [6.07, 6.45) is 0. The minimum atomic E-state index is -0.558. The maximum absolute atomic E-state index is 13.4. The standard InChI is InChI=1S/C16H13ClFN3O/c17-12-5-6-15(11(9-12)10-19)20-7-8-21-16(22)13-3-1-2-4-14(13)18/h1-6,9,20H,7-8H2,(H,21,22).